The fraction of sp³-hybridized carbons (Fsp3) is 0.679. The first-order chi connectivity index (χ1) is 17.4. The van der Waals surface area contributed by atoms with Gasteiger partial charge in [-0.05, 0) is 65.4 Å². The highest BCUT2D eigenvalue weighted by Gasteiger charge is 2.43. The van der Waals surface area contributed by atoms with Crippen LogP contribution in [0.3, 0.4) is 0 Å². The van der Waals surface area contributed by atoms with Crippen molar-refractivity contribution in [1.29, 1.82) is 0 Å². The molecule has 204 valence electrons. The van der Waals surface area contributed by atoms with Crippen LogP contribution in [0, 0.1) is 29.1 Å². The number of aromatic carboxylic acids is 1. The molecule has 2 atom stereocenters. The van der Waals surface area contributed by atoms with Gasteiger partial charge in [-0.1, -0.05) is 18.8 Å². The number of ether oxygens (including phenoxy) is 2. The number of rotatable bonds is 7. The summed E-state index contributed by atoms with van der Waals surface area (Å²) in [4.78, 5) is 44.2. The Hall–Kier alpha value is -2.41. The van der Waals surface area contributed by atoms with E-state index < -0.39 is 18.1 Å². The monoisotopic (exact) mass is 532 g/mol. The van der Waals surface area contributed by atoms with Crippen molar-refractivity contribution in [2.45, 2.75) is 72.4 Å². The third-order valence-electron chi connectivity index (χ3n) is 7.00. The number of carboxylic acids is 1. The van der Waals surface area contributed by atoms with Crippen LogP contribution in [0.2, 0.25) is 0 Å². The van der Waals surface area contributed by atoms with Crippen LogP contribution in [-0.4, -0.2) is 73.3 Å². The van der Waals surface area contributed by atoms with Gasteiger partial charge in [0, 0.05) is 31.5 Å². The van der Waals surface area contributed by atoms with Gasteiger partial charge in [-0.3, -0.25) is 14.5 Å². The number of methoxy groups -OCH3 is 1. The maximum absolute atomic E-state index is 14.2. The highest BCUT2D eigenvalue weighted by molar-refractivity contribution is 7.15. The topological polar surface area (TPSA) is 96.4 Å². The van der Waals surface area contributed by atoms with Crippen LogP contribution in [-0.2, 0) is 19.1 Å². The molecule has 2 amide bonds. The van der Waals surface area contributed by atoms with Crippen molar-refractivity contribution in [3.8, 4) is 11.8 Å². The molecule has 9 heteroatoms. The second-order valence-electron chi connectivity index (χ2n) is 11.1. The van der Waals surface area contributed by atoms with E-state index in [1.165, 1.54) is 12.0 Å². The summed E-state index contributed by atoms with van der Waals surface area (Å²) >= 11 is 1.03. The third kappa shape index (κ3) is 7.34. The van der Waals surface area contributed by atoms with E-state index in [2.05, 4.69) is 18.8 Å². The van der Waals surface area contributed by atoms with Crippen LogP contribution >= 0.6 is 11.3 Å². The molecule has 0 radical (unpaired) electrons. The molecular weight excluding hydrogens is 492 g/mol. The van der Waals surface area contributed by atoms with Gasteiger partial charge >= 0.3 is 5.97 Å². The molecule has 3 rings (SSSR count). The maximum Gasteiger partial charge on any atom is 0.348 e. The molecule has 2 fully saturated rings. The van der Waals surface area contributed by atoms with Gasteiger partial charge in [0.2, 0.25) is 11.8 Å². The smallest absolute Gasteiger partial charge is 0.348 e. The molecule has 2 aliphatic rings. The van der Waals surface area contributed by atoms with Gasteiger partial charge in [0.15, 0.2) is 0 Å². The molecule has 0 unspecified atom stereocenters. The number of anilines is 1. The van der Waals surface area contributed by atoms with Gasteiger partial charge in [-0.15, -0.1) is 11.3 Å². The standard InChI is InChI=1S/C28H40N2O6S/c1-18-7-9-20(10-8-18)25(31)30(23(19(2)35-6)26(32)29-13-15-36-16-14-29)22-17-21(11-12-28(3,4)5)37-24(22)27(33)34/h17-20,23H,7-10,13-16H2,1-6H3,(H,33,34)/t18?,19-,20?,23-/m0/s1. The summed E-state index contributed by atoms with van der Waals surface area (Å²) in [6, 6.07) is 0.643. The van der Waals surface area contributed by atoms with E-state index in [4.69, 9.17) is 9.47 Å². The van der Waals surface area contributed by atoms with Gasteiger partial charge in [0.1, 0.15) is 10.9 Å². The van der Waals surface area contributed by atoms with Gasteiger partial charge < -0.3 is 19.5 Å². The molecule has 0 bridgehead atoms. The van der Waals surface area contributed by atoms with Crippen molar-refractivity contribution >= 4 is 34.8 Å². The first-order valence-electron chi connectivity index (χ1n) is 13.1. The summed E-state index contributed by atoms with van der Waals surface area (Å²) in [5.74, 6) is 4.83. The summed E-state index contributed by atoms with van der Waals surface area (Å²) in [5.41, 5.74) is -0.0591. The summed E-state index contributed by atoms with van der Waals surface area (Å²) in [5, 5.41) is 10.1. The number of carbonyl (C=O) groups is 3. The molecule has 37 heavy (non-hydrogen) atoms. The number of nitrogens with zero attached hydrogens (tertiary/aromatic N) is 2. The zero-order chi connectivity index (χ0) is 27.3. The van der Waals surface area contributed by atoms with Crippen LogP contribution < -0.4 is 4.90 Å². The molecule has 0 spiro atoms. The molecule has 1 aromatic heterocycles. The Morgan fingerprint density at radius 1 is 1.19 bits per heavy atom. The van der Waals surface area contributed by atoms with Crippen LogP contribution in [0.5, 0.6) is 0 Å². The third-order valence-corrected chi connectivity index (χ3v) is 8.03. The Labute approximate surface area is 224 Å². The largest absolute Gasteiger partial charge is 0.477 e. The van der Waals surface area contributed by atoms with E-state index >= 15 is 0 Å². The molecule has 0 aromatic carbocycles. The van der Waals surface area contributed by atoms with Crippen molar-refractivity contribution in [3.05, 3.63) is 15.8 Å². The number of morpholine rings is 1. The van der Waals surface area contributed by atoms with Crippen LogP contribution in [0.15, 0.2) is 6.07 Å². The van der Waals surface area contributed by atoms with E-state index in [9.17, 15) is 19.5 Å². The first kappa shape index (κ1) is 29.2. The van der Waals surface area contributed by atoms with Gasteiger partial charge in [0.05, 0.1) is 29.9 Å². The Bertz CT molecular complexity index is 1040. The predicted octanol–water partition coefficient (Wildman–Crippen LogP) is 4.27. The maximum atomic E-state index is 14.2. The van der Waals surface area contributed by atoms with Gasteiger partial charge in [-0.2, -0.15) is 0 Å². The lowest BCUT2D eigenvalue weighted by molar-refractivity contribution is -0.142. The van der Waals surface area contributed by atoms with Crippen molar-refractivity contribution in [2.24, 2.45) is 17.3 Å². The summed E-state index contributed by atoms with van der Waals surface area (Å²) < 4.78 is 11.1. The van der Waals surface area contributed by atoms with Crippen molar-refractivity contribution in [3.63, 3.8) is 0 Å². The summed E-state index contributed by atoms with van der Waals surface area (Å²) in [6.07, 6.45) is 2.60. The number of hydrogen-bond acceptors (Lipinski definition) is 6. The number of carboxylic acid groups (broad SMARTS) is 1. The quantitative estimate of drug-likeness (QED) is 0.527. The lowest BCUT2D eigenvalue weighted by Crippen LogP contribution is -2.59. The van der Waals surface area contributed by atoms with Crippen molar-refractivity contribution in [1.82, 2.24) is 4.90 Å². The molecule has 8 nitrogen and oxygen atoms in total. The van der Waals surface area contributed by atoms with Crippen LogP contribution in [0.4, 0.5) is 5.69 Å². The molecular formula is C28H40N2O6S. The molecule has 1 aliphatic carbocycles. The van der Waals surface area contributed by atoms with E-state index in [1.807, 2.05) is 20.8 Å². The predicted molar refractivity (Wildman–Crippen MR) is 144 cm³/mol. The highest BCUT2D eigenvalue weighted by Crippen LogP contribution is 2.37. The zero-order valence-corrected chi connectivity index (χ0v) is 23.7. The highest BCUT2D eigenvalue weighted by atomic mass is 32.1. The number of carbonyl (C=O) groups excluding carboxylic acids is 2. The molecule has 1 aliphatic heterocycles. The lowest BCUT2D eigenvalue weighted by Gasteiger charge is -2.40. The van der Waals surface area contributed by atoms with E-state index in [1.54, 1.807) is 17.9 Å². The molecule has 2 heterocycles. The first-order valence-corrected chi connectivity index (χ1v) is 13.9. The lowest BCUT2D eigenvalue weighted by atomic mass is 9.82. The molecule has 1 aromatic rings. The Balaban J connectivity index is 2.14. The minimum Gasteiger partial charge on any atom is -0.477 e. The van der Waals surface area contributed by atoms with Crippen molar-refractivity contribution in [2.75, 3.05) is 38.3 Å². The zero-order valence-electron chi connectivity index (χ0n) is 22.8. The van der Waals surface area contributed by atoms with Crippen LogP contribution in [0.1, 0.15) is 74.9 Å². The fourth-order valence-corrected chi connectivity index (χ4v) is 5.60. The Kier molecular flexibility index (Phi) is 9.79. The SMILES string of the molecule is CO[C@@H](C)[C@@H](C(=O)N1CCOCC1)N(C(=O)C1CCC(C)CC1)c1cc(C#CC(C)(C)C)sc1C(=O)O. The summed E-state index contributed by atoms with van der Waals surface area (Å²) in [6.45, 7) is 11.5. The average Bonchev–Trinajstić information content (AvgIpc) is 3.29. The van der Waals surface area contributed by atoms with Gasteiger partial charge in [-0.25, -0.2) is 4.79 Å². The van der Waals surface area contributed by atoms with Crippen LogP contribution in [0.25, 0.3) is 0 Å². The van der Waals surface area contributed by atoms with Crippen molar-refractivity contribution < 1.29 is 29.0 Å². The fourth-order valence-electron chi connectivity index (χ4n) is 4.75. The van der Waals surface area contributed by atoms with E-state index in [0.29, 0.717) is 49.9 Å². The summed E-state index contributed by atoms with van der Waals surface area (Å²) in [7, 11) is 1.50. The second kappa shape index (κ2) is 12.4. The van der Waals surface area contributed by atoms with E-state index in [-0.39, 0.29) is 33.7 Å². The minimum absolute atomic E-state index is 0.00110. The molecule has 1 N–H and O–H groups in total. The number of amides is 2. The number of hydrogen-bond donors (Lipinski definition) is 1. The Morgan fingerprint density at radius 2 is 1.81 bits per heavy atom. The van der Waals surface area contributed by atoms with Gasteiger partial charge in [0.25, 0.3) is 0 Å². The molecule has 1 saturated carbocycles. The average molecular weight is 533 g/mol. The normalized spacial score (nSPS) is 21.9. The van der Waals surface area contributed by atoms with E-state index in [0.717, 1.165) is 24.2 Å². The molecule has 1 saturated heterocycles. The minimum atomic E-state index is -1.15. The second-order valence-corrected chi connectivity index (χ2v) is 12.2. The number of thiophene rings is 1. The Morgan fingerprint density at radius 3 is 2.35 bits per heavy atom.